The fourth-order valence-corrected chi connectivity index (χ4v) is 5.95. The standard InChI is InChI=1S/C31H40FN3O5/c1-7-39-24-17-20-25(26(32)28(24)40-8-2)29(33)35(31(20)9-10-31)18-23(36)19-15-21(30(3,4)5)27(37-6)22(16-19)34-11-13-38-14-12-34/h15-17,33H,7-14,18H2,1-6H3. The molecule has 216 valence electrons. The van der Waals surface area contributed by atoms with E-state index < -0.39 is 11.4 Å². The van der Waals surface area contributed by atoms with Crippen molar-refractivity contribution >= 4 is 17.3 Å². The fraction of sp³-hybridized carbons (Fsp3) is 0.548. The van der Waals surface area contributed by atoms with Crippen LogP contribution in [0.3, 0.4) is 0 Å². The lowest BCUT2D eigenvalue weighted by Gasteiger charge is -2.33. The van der Waals surface area contributed by atoms with E-state index in [1.165, 1.54) is 0 Å². The lowest BCUT2D eigenvalue weighted by Crippen LogP contribution is -2.38. The van der Waals surface area contributed by atoms with E-state index in [4.69, 9.17) is 24.4 Å². The molecule has 3 aliphatic rings. The van der Waals surface area contributed by atoms with Crippen LogP contribution in [0.2, 0.25) is 0 Å². The Labute approximate surface area is 235 Å². The average Bonchev–Trinajstić information content (AvgIpc) is 3.70. The van der Waals surface area contributed by atoms with Crippen LogP contribution in [-0.2, 0) is 15.7 Å². The molecule has 0 amide bonds. The zero-order valence-electron chi connectivity index (χ0n) is 24.4. The van der Waals surface area contributed by atoms with Gasteiger partial charge in [-0.2, -0.15) is 0 Å². The lowest BCUT2D eigenvalue weighted by atomic mass is 9.84. The molecule has 1 saturated carbocycles. The van der Waals surface area contributed by atoms with Crippen LogP contribution < -0.4 is 19.1 Å². The van der Waals surface area contributed by atoms with Crippen LogP contribution in [-0.4, -0.2) is 69.7 Å². The van der Waals surface area contributed by atoms with Crippen molar-refractivity contribution < 1.29 is 28.1 Å². The number of halogens is 1. The van der Waals surface area contributed by atoms with Crippen molar-refractivity contribution in [3.05, 3.63) is 46.3 Å². The van der Waals surface area contributed by atoms with E-state index in [0.717, 1.165) is 29.8 Å². The number of fused-ring (bicyclic) bond motifs is 2. The third kappa shape index (κ3) is 4.68. The predicted molar refractivity (Wildman–Crippen MR) is 152 cm³/mol. The molecule has 1 aliphatic carbocycles. The van der Waals surface area contributed by atoms with Crippen LogP contribution in [0, 0.1) is 11.2 Å². The predicted octanol–water partition coefficient (Wildman–Crippen LogP) is 5.28. The first-order valence-corrected chi connectivity index (χ1v) is 14.1. The maximum absolute atomic E-state index is 15.8. The van der Waals surface area contributed by atoms with E-state index >= 15 is 4.39 Å². The topological polar surface area (TPSA) is 84.3 Å². The Hall–Kier alpha value is -3.33. The van der Waals surface area contributed by atoms with Crippen molar-refractivity contribution in [3.8, 4) is 17.2 Å². The molecule has 2 fully saturated rings. The molecular formula is C31H40FN3O5. The molecule has 1 N–H and O–H groups in total. The van der Waals surface area contributed by atoms with Gasteiger partial charge in [0.2, 0.25) is 0 Å². The van der Waals surface area contributed by atoms with Crippen molar-refractivity contribution in [1.82, 2.24) is 4.90 Å². The number of hydrogen-bond donors (Lipinski definition) is 1. The summed E-state index contributed by atoms with van der Waals surface area (Å²) >= 11 is 0. The molecule has 2 aliphatic heterocycles. The molecule has 9 heteroatoms. The summed E-state index contributed by atoms with van der Waals surface area (Å²) in [5.41, 5.74) is 2.42. The third-order valence-electron chi connectivity index (χ3n) is 8.08. The summed E-state index contributed by atoms with van der Waals surface area (Å²) in [7, 11) is 1.66. The summed E-state index contributed by atoms with van der Waals surface area (Å²) in [6.07, 6.45) is 1.48. The largest absolute Gasteiger partial charge is 0.494 e. The number of benzene rings is 2. The van der Waals surface area contributed by atoms with Gasteiger partial charge >= 0.3 is 0 Å². The molecule has 40 heavy (non-hydrogen) atoms. The Morgan fingerprint density at radius 3 is 2.33 bits per heavy atom. The SMILES string of the molecule is CCOc1cc2c(c(F)c1OCC)C(=N)N(CC(=O)c1cc(N3CCOCC3)c(OC)c(C(C)(C)C)c1)C21CC1. The van der Waals surface area contributed by atoms with E-state index in [1.54, 1.807) is 25.0 Å². The first-order valence-electron chi connectivity index (χ1n) is 14.1. The number of rotatable bonds is 9. The van der Waals surface area contributed by atoms with Crippen LogP contribution in [0.5, 0.6) is 17.2 Å². The number of hydrogen-bond acceptors (Lipinski definition) is 7. The molecule has 1 saturated heterocycles. The van der Waals surface area contributed by atoms with E-state index in [2.05, 4.69) is 25.7 Å². The quantitative estimate of drug-likeness (QED) is 0.423. The Bertz CT molecular complexity index is 1330. The fourth-order valence-electron chi connectivity index (χ4n) is 5.95. The van der Waals surface area contributed by atoms with Crippen molar-refractivity contribution in [2.45, 2.75) is 58.4 Å². The Kier molecular flexibility index (Phi) is 7.46. The number of carbonyl (C=O) groups excluding carboxylic acids is 1. The number of nitrogens with zero attached hydrogens (tertiary/aromatic N) is 2. The average molecular weight is 554 g/mol. The zero-order valence-corrected chi connectivity index (χ0v) is 24.4. The minimum absolute atomic E-state index is 0.0142. The molecule has 2 aromatic carbocycles. The number of anilines is 1. The maximum Gasteiger partial charge on any atom is 0.197 e. The number of amidine groups is 1. The summed E-state index contributed by atoms with van der Waals surface area (Å²) in [5, 5.41) is 8.98. The molecule has 0 atom stereocenters. The highest BCUT2D eigenvalue weighted by Crippen LogP contribution is 2.59. The number of ketones is 1. The number of morpholine rings is 1. The van der Waals surface area contributed by atoms with Crippen molar-refractivity contribution in [1.29, 1.82) is 5.41 Å². The maximum atomic E-state index is 15.8. The van der Waals surface area contributed by atoms with Gasteiger partial charge in [0, 0.05) is 24.2 Å². The summed E-state index contributed by atoms with van der Waals surface area (Å²) in [5.74, 6) is 0.426. The lowest BCUT2D eigenvalue weighted by molar-refractivity contribution is 0.0943. The van der Waals surface area contributed by atoms with E-state index in [-0.39, 0.29) is 41.5 Å². The second kappa shape index (κ2) is 10.6. The van der Waals surface area contributed by atoms with Gasteiger partial charge in [0.15, 0.2) is 23.1 Å². The van der Waals surface area contributed by atoms with Gasteiger partial charge < -0.3 is 28.7 Å². The summed E-state index contributed by atoms with van der Waals surface area (Å²) in [6, 6.07) is 5.62. The minimum Gasteiger partial charge on any atom is -0.494 e. The van der Waals surface area contributed by atoms with E-state index in [9.17, 15) is 4.79 Å². The second-order valence-corrected chi connectivity index (χ2v) is 11.6. The number of ether oxygens (including phenoxy) is 4. The highest BCUT2D eigenvalue weighted by molar-refractivity contribution is 6.08. The highest BCUT2D eigenvalue weighted by atomic mass is 19.1. The van der Waals surface area contributed by atoms with Crippen LogP contribution in [0.15, 0.2) is 18.2 Å². The monoisotopic (exact) mass is 553 g/mol. The number of carbonyl (C=O) groups is 1. The van der Waals surface area contributed by atoms with Crippen molar-refractivity contribution in [2.24, 2.45) is 0 Å². The number of nitrogens with one attached hydrogen (secondary N) is 1. The van der Waals surface area contributed by atoms with Gasteiger partial charge in [0.1, 0.15) is 11.6 Å². The van der Waals surface area contributed by atoms with Crippen LogP contribution in [0.4, 0.5) is 10.1 Å². The first-order chi connectivity index (χ1) is 19.1. The van der Waals surface area contributed by atoms with Gasteiger partial charge in [0.25, 0.3) is 0 Å². The van der Waals surface area contributed by atoms with Crippen molar-refractivity contribution in [3.63, 3.8) is 0 Å². The summed E-state index contributed by atoms with van der Waals surface area (Å²) in [4.78, 5) is 18.0. The molecule has 0 aromatic heterocycles. The smallest absolute Gasteiger partial charge is 0.197 e. The normalized spacial score (nSPS) is 17.7. The molecule has 2 heterocycles. The van der Waals surface area contributed by atoms with Gasteiger partial charge in [0.05, 0.1) is 56.9 Å². The molecule has 0 unspecified atom stereocenters. The molecule has 0 radical (unpaired) electrons. The minimum atomic E-state index is -0.594. The summed E-state index contributed by atoms with van der Waals surface area (Å²) in [6.45, 7) is 13.2. The Morgan fingerprint density at radius 1 is 1.07 bits per heavy atom. The summed E-state index contributed by atoms with van der Waals surface area (Å²) < 4.78 is 38.6. The Balaban J connectivity index is 1.53. The number of methoxy groups -OCH3 is 1. The second-order valence-electron chi connectivity index (χ2n) is 11.6. The third-order valence-corrected chi connectivity index (χ3v) is 8.08. The number of Topliss-reactive ketones (excluding diaryl/α,β-unsaturated/α-hetero) is 1. The van der Waals surface area contributed by atoms with Gasteiger partial charge in [-0.15, -0.1) is 0 Å². The first kappa shape index (κ1) is 28.2. The van der Waals surface area contributed by atoms with Crippen LogP contribution in [0.25, 0.3) is 0 Å². The van der Waals surface area contributed by atoms with E-state index in [1.807, 2.05) is 19.1 Å². The Morgan fingerprint density at radius 2 is 1.75 bits per heavy atom. The van der Waals surface area contributed by atoms with Gasteiger partial charge in [-0.3, -0.25) is 10.2 Å². The van der Waals surface area contributed by atoms with Crippen molar-refractivity contribution in [2.75, 3.05) is 58.1 Å². The van der Waals surface area contributed by atoms with Gasteiger partial charge in [-0.1, -0.05) is 20.8 Å². The molecule has 5 rings (SSSR count). The molecule has 8 nitrogen and oxygen atoms in total. The molecular weight excluding hydrogens is 513 g/mol. The van der Waals surface area contributed by atoms with Gasteiger partial charge in [-0.05, 0) is 55.9 Å². The highest BCUT2D eigenvalue weighted by Gasteiger charge is 2.58. The molecule has 1 spiro atoms. The molecule has 2 aromatic rings. The van der Waals surface area contributed by atoms with Crippen LogP contribution >= 0.6 is 0 Å². The molecule has 0 bridgehead atoms. The van der Waals surface area contributed by atoms with Gasteiger partial charge in [-0.25, -0.2) is 4.39 Å². The van der Waals surface area contributed by atoms with Crippen LogP contribution in [0.1, 0.15) is 74.5 Å². The zero-order chi connectivity index (χ0) is 28.8. The van der Waals surface area contributed by atoms with E-state index in [0.29, 0.717) is 49.8 Å².